The van der Waals surface area contributed by atoms with E-state index in [9.17, 15) is 13.6 Å². The lowest BCUT2D eigenvalue weighted by molar-refractivity contribution is -0.111. The molecule has 46 heavy (non-hydrogen) atoms. The van der Waals surface area contributed by atoms with E-state index >= 15 is 0 Å². The number of likely N-dealkylation sites (tertiary alicyclic amines) is 1. The molecule has 2 N–H and O–H groups in total. The van der Waals surface area contributed by atoms with Crippen molar-refractivity contribution in [3.8, 4) is 5.75 Å². The second kappa shape index (κ2) is 12.8. The maximum Gasteiger partial charge on any atom is 0.247 e. The van der Waals surface area contributed by atoms with Gasteiger partial charge < -0.3 is 25.0 Å². The van der Waals surface area contributed by atoms with Crippen LogP contribution in [0.15, 0.2) is 55.4 Å². The van der Waals surface area contributed by atoms with Gasteiger partial charge in [-0.05, 0) is 37.5 Å². The van der Waals surface area contributed by atoms with Gasteiger partial charge in [-0.15, -0.1) is 0 Å². The van der Waals surface area contributed by atoms with Crippen LogP contribution in [-0.4, -0.2) is 78.9 Å². The van der Waals surface area contributed by atoms with E-state index < -0.39 is 17.7 Å². The number of amides is 1. The SMILES string of the molecule is C=CC(=O)Nc1cc(Nc2cc(N3OCC[C@@H]3c3ccc(F)cc3F)ncn2)c(OC)cc1N1CCC(N2C[C@@H]3C[C@H]2CO3)CC1. The molecule has 0 saturated carbocycles. The van der Waals surface area contributed by atoms with Crippen LogP contribution in [0.4, 0.5) is 37.5 Å². The number of aromatic nitrogens is 2. The van der Waals surface area contributed by atoms with Crippen LogP contribution in [0, 0.1) is 11.6 Å². The summed E-state index contributed by atoms with van der Waals surface area (Å²) in [6.45, 7) is 7.50. The Kier molecular flexibility index (Phi) is 8.45. The molecule has 5 heterocycles. The summed E-state index contributed by atoms with van der Waals surface area (Å²) in [6.07, 6.45) is 6.67. The molecule has 3 atom stereocenters. The van der Waals surface area contributed by atoms with Crippen molar-refractivity contribution >= 4 is 34.6 Å². The number of halogens is 2. The number of anilines is 5. The van der Waals surface area contributed by atoms with Gasteiger partial charge in [0.05, 0.1) is 49.5 Å². The molecule has 11 nitrogen and oxygen atoms in total. The Bertz CT molecular complexity index is 1620. The number of ether oxygens (including phenoxy) is 2. The minimum absolute atomic E-state index is 0.317. The maximum atomic E-state index is 14.7. The van der Waals surface area contributed by atoms with E-state index in [2.05, 4.69) is 37.0 Å². The summed E-state index contributed by atoms with van der Waals surface area (Å²) in [5.74, 6) is -0.219. The highest BCUT2D eigenvalue weighted by molar-refractivity contribution is 6.02. The Balaban J connectivity index is 1.12. The van der Waals surface area contributed by atoms with Crippen molar-refractivity contribution in [3.63, 3.8) is 0 Å². The summed E-state index contributed by atoms with van der Waals surface area (Å²) in [5.41, 5.74) is 2.36. The molecule has 0 unspecified atom stereocenters. The third-order valence-corrected chi connectivity index (χ3v) is 9.35. The number of hydroxylamine groups is 1. The predicted molar refractivity (Wildman–Crippen MR) is 169 cm³/mol. The predicted octanol–water partition coefficient (Wildman–Crippen LogP) is 4.96. The van der Waals surface area contributed by atoms with Gasteiger partial charge in [0, 0.05) is 61.9 Å². The van der Waals surface area contributed by atoms with Gasteiger partial charge in [-0.3, -0.25) is 14.5 Å². The number of carbonyl (C=O) groups is 1. The molecule has 7 rings (SSSR count). The lowest BCUT2D eigenvalue weighted by Crippen LogP contribution is -2.49. The van der Waals surface area contributed by atoms with E-state index in [-0.39, 0.29) is 5.91 Å². The standard InChI is InChI=1S/C33H37F2N7O4/c1-3-33(43)39-26-14-27(30(44-2)15-29(26)40-9-6-21(7-10-40)41-17-23-13-22(41)18-45-23)38-31-16-32(37-19-36-31)42-28(8-11-46-42)24-5-4-20(34)12-25(24)35/h3-5,12,14-16,19,21-23,28H,1,6-11,13,17-18H2,2H3,(H,39,43)(H,36,37,38)/t22-,23-,28+/m0/s1. The lowest BCUT2D eigenvalue weighted by Gasteiger charge is -2.41. The van der Waals surface area contributed by atoms with Crippen LogP contribution in [-0.2, 0) is 14.4 Å². The number of methoxy groups -OCH3 is 1. The zero-order chi connectivity index (χ0) is 31.8. The molecule has 4 saturated heterocycles. The smallest absolute Gasteiger partial charge is 0.247 e. The molecule has 4 aliphatic heterocycles. The second-order valence-electron chi connectivity index (χ2n) is 12.0. The van der Waals surface area contributed by atoms with Crippen molar-refractivity contribution in [2.75, 3.05) is 60.6 Å². The third kappa shape index (κ3) is 5.97. The van der Waals surface area contributed by atoms with Gasteiger partial charge in [0.1, 0.15) is 29.5 Å². The minimum atomic E-state index is -0.645. The monoisotopic (exact) mass is 633 g/mol. The molecular weight excluding hydrogens is 596 g/mol. The first kappa shape index (κ1) is 30.3. The largest absolute Gasteiger partial charge is 0.494 e. The van der Waals surface area contributed by atoms with Gasteiger partial charge in [0.25, 0.3) is 0 Å². The molecule has 4 fully saturated rings. The van der Waals surface area contributed by atoms with Crippen LogP contribution >= 0.6 is 0 Å². The van der Waals surface area contributed by atoms with Gasteiger partial charge in [-0.1, -0.05) is 12.6 Å². The average molecular weight is 634 g/mol. The second-order valence-corrected chi connectivity index (χ2v) is 12.0. The normalized spacial score (nSPS) is 23.2. The lowest BCUT2D eigenvalue weighted by atomic mass is 10.0. The summed E-state index contributed by atoms with van der Waals surface area (Å²) in [6, 6.07) is 9.51. The summed E-state index contributed by atoms with van der Waals surface area (Å²) in [5, 5.41) is 7.77. The fourth-order valence-corrected chi connectivity index (χ4v) is 7.12. The van der Waals surface area contributed by atoms with Gasteiger partial charge in [0.2, 0.25) is 5.91 Å². The van der Waals surface area contributed by atoms with Crippen molar-refractivity contribution in [3.05, 3.63) is 72.6 Å². The van der Waals surface area contributed by atoms with Crippen molar-refractivity contribution in [1.29, 1.82) is 0 Å². The highest BCUT2D eigenvalue weighted by atomic mass is 19.1. The molecule has 2 aromatic carbocycles. The number of morpholine rings is 1. The molecule has 1 aromatic heterocycles. The number of nitrogens with one attached hydrogen (secondary N) is 2. The zero-order valence-electron chi connectivity index (χ0n) is 25.6. The molecular formula is C33H37F2N7O4. The first-order chi connectivity index (χ1) is 22.4. The quantitative estimate of drug-likeness (QED) is 0.315. The Morgan fingerprint density at radius 3 is 2.65 bits per heavy atom. The maximum absolute atomic E-state index is 14.7. The van der Waals surface area contributed by atoms with Gasteiger partial charge in [-0.2, -0.15) is 0 Å². The average Bonchev–Trinajstić information content (AvgIpc) is 3.84. The van der Waals surface area contributed by atoms with Crippen LogP contribution in [0.1, 0.15) is 37.3 Å². The van der Waals surface area contributed by atoms with E-state index in [4.69, 9.17) is 14.3 Å². The highest BCUT2D eigenvalue weighted by Crippen LogP contribution is 2.41. The Morgan fingerprint density at radius 1 is 1.09 bits per heavy atom. The highest BCUT2D eigenvalue weighted by Gasteiger charge is 2.43. The van der Waals surface area contributed by atoms with Crippen LogP contribution in [0.2, 0.25) is 0 Å². The molecule has 0 aliphatic carbocycles. The van der Waals surface area contributed by atoms with E-state index in [1.54, 1.807) is 13.2 Å². The van der Waals surface area contributed by atoms with Crippen molar-refractivity contribution in [1.82, 2.24) is 14.9 Å². The summed E-state index contributed by atoms with van der Waals surface area (Å²) in [4.78, 5) is 32.0. The summed E-state index contributed by atoms with van der Waals surface area (Å²) < 4.78 is 39.8. The summed E-state index contributed by atoms with van der Waals surface area (Å²) in [7, 11) is 1.59. The van der Waals surface area contributed by atoms with E-state index in [0.717, 1.165) is 57.3 Å². The van der Waals surface area contributed by atoms with Crippen molar-refractivity contribution in [2.45, 2.75) is 49.9 Å². The zero-order valence-corrected chi connectivity index (χ0v) is 25.6. The van der Waals surface area contributed by atoms with Crippen LogP contribution in [0.5, 0.6) is 5.75 Å². The third-order valence-electron chi connectivity index (χ3n) is 9.35. The van der Waals surface area contributed by atoms with Gasteiger partial charge >= 0.3 is 0 Å². The number of benzene rings is 2. The molecule has 2 bridgehead atoms. The molecule has 13 heteroatoms. The van der Waals surface area contributed by atoms with Gasteiger partial charge in [-0.25, -0.2) is 23.8 Å². The summed E-state index contributed by atoms with van der Waals surface area (Å²) >= 11 is 0. The first-order valence-corrected chi connectivity index (χ1v) is 15.6. The van der Waals surface area contributed by atoms with E-state index in [1.165, 1.54) is 29.6 Å². The van der Waals surface area contributed by atoms with Crippen molar-refractivity contribution in [2.24, 2.45) is 0 Å². The number of fused-ring (bicyclic) bond motifs is 2. The van der Waals surface area contributed by atoms with Crippen LogP contribution in [0.25, 0.3) is 0 Å². The Hall–Kier alpha value is -4.33. The van der Waals surface area contributed by atoms with Crippen LogP contribution < -0.4 is 25.3 Å². The number of hydrogen-bond acceptors (Lipinski definition) is 10. The van der Waals surface area contributed by atoms with Crippen LogP contribution in [0.3, 0.4) is 0 Å². The van der Waals surface area contributed by atoms with Gasteiger partial charge in [0.15, 0.2) is 5.82 Å². The first-order valence-electron chi connectivity index (χ1n) is 15.6. The fraction of sp³-hybridized carbons (Fsp3) is 0.424. The molecule has 3 aromatic rings. The van der Waals surface area contributed by atoms with E-state index in [1.807, 2.05) is 12.1 Å². The van der Waals surface area contributed by atoms with Crippen molar-refractivity contribution < 1.29 is 27.9 Å². The number of rotatable bonds is 9. The van der Waals surface area contributed by atoms with E-state index in [0.29, 0.717) is 65.5 Å². The fourth-order valence-electron chi connectivity index (χ4n) is 7.12. The molecule has 4 aliphatic rings. The Morgan fingerprint density at radius 2 is 1.93 bits per heavy atom. The number of nitrogens with zero attached hydrogens (tertiary/aromatic N) is 5. The molecule has 0 radical (unpaired) electrons. The number of carbonyl (C=O) groups excluding carboxylic acids is 1. The molecule has 242 valence electrons. The number of hydrogen-bond donors (Lipinski definition) is 2. The minimum Gasteiger partial charge on any atom is -0.494 e. The Labute approximate surface area is 266 Å². The number of piperidine rings is 1. The topological polar surface area (TPSA) is 104 Å². The molecule has 1 amide bonds. The molecule has 0 spiro atoms.